The third-order valence-electron chi connectivity index (χ3n) is 7.71. The molecule has 0 amide bonds. The van der Waals surface area contributed by atoms with Crippen LogP contribution in [0.1, 0.15) is 65.2 Å². The van der Waals surface area contributed by atoms with Crippen LogP contribution in [-0.2, 0) is 0 Å². The van der Waals surface area contributed by atoms with E-state index in [1.165, 1.54) is 0 Å². The summed E-state index contributed by atoms with van der Waals surface area (Å²) in [7, 11) is 0. The second-order valence-corrected chi connectivity index (χ2v) is 8.27. The Labute approximate surface area is 113 Å². The monoisotopic (exact) mass is 246 g/mol. The zero-order chi connectivity index (χ0) is 12.3. The summed E-state index contributed by atoms with van der Waals surface area (Å²) >= 11 is 0. The highest BCUT2D eigenvalue weighted by molar-refractivity contribution is 5.03. The molecule has 0 bridgehead atoms. The molecule has 0 aromatic rings. The molecule has 0 aromatic carbocycles. The highest BCUT2D eigenvalue weighted by Gasteiger charge is 2.53. The summed E-state index contributed by atoms with van der Waals surface area (Å²) in [5.74, 6) is 8.94. The molecule has 0 spiro atoms. The zero-order valence-corrected chi connectivity index (χ0v) is 12.3. The van der Waals surface area contributed by atoms with Gasteiger partial charge in [-0.05, 0) is 85.9 Å². The van der Waals surface area contributed by atoms with E-state index in [1.54, 1.807) is 51.4 Å². The molecule has 4 saturated carbocycles. The fourth-order valence-corrected chi connectivity index (χ4v) is 6.86. The Morgan fingerprint density at radius 2 is 0.889 bits per heavy atom. The molecule has 0 N–H and O–H groups in total. The van der Waals surface area contributed by atoms with Crippen molar-refractivity contribution in [3.63, 3.8) is 0 Å². The molecular formula is C18H30. The molecule has 8 unspecified atom stereocenters. The lowest BCUT2D eigenvalue weighted by Gasteiger charge is -2.60. The number of rotatable bonds is 0. The van der Waals surface area contributed by atoms with E-state index < -0.39 is 0 Å². The van der Waals surface area contributed by atoms with E-state index in [0.717, 1.165) is 47.3 Å². The van der Waals surface area contributed by atoms with Crippen molar-refractivity contribution < 1.29 is 0 Å². The lowest BCUT2D eigenvalue weighted by Crippen LogP contribution is -2.52. The maximum atomic E-state index is 2.57. The first-order valence-electron chi connectivity index (χ1n) is 8.75. The second-order valence-electron chi connectivity index (χ2n) is 8.27. The van der Waals surface area contributed by atoms with E-state index in [2.05, 4.69) is 13.8 Å². The molecule has 0 nitrogen and oxygen atoms in total. The molecule has 102 valence electrons. The first kappa shape index (κ1) is 11.8. The van der Waals surface area contributed by atoms with Gasteiger partial charge in [-0.2, -0.15) is 0 Å². The average Bonchev–Trinajstić information content (AvgIpc) is 2.40. The molecule has 4 fully saturated rings. The average molecular weight is 246 g/mol. The Bertz CT molecular complexity index is 288. The van der Waals surface area contributed by atoms with E-state index in [9.17, 15) is 0 Å². The predicted molar refractivity (Wildman–Crippen MR) is 76.2 cm³/mol. The molecular weight excluding hydrogens is 216 g/mol. The lowest BCUT2D eigenvalue weighted by atomic mass is 9.45. The minimum atomic E-state index is 1.04. The maximum Gasteiger partial charge on any atom is -0.0321 e. The van der Waals surface area contributed by atoms with Crippen molar-refractivity contribution in [2.45, 2.75) is 65.2 Å². The number of hydrogen-bond acceptors (Lipinski definition) is 0. The van der Waals surface area contributed by atoms with Gasteiger partial charge in [0.15, 0.2) is 0 Å². The second kappa shape index (κ2) is 4.25. The summed E-state index contributed by atoms with van der Waals surface area (Å²) in [5, 5.41) is 0. The summed E-state index contributed by atoms with van der Waals surface area (Å²) in [5.41, 5.74) is 0. The molecule has 0 heterocycles. The number of hydrogen-bond donors (Lipinski definition) is 0. The predicted octanol–water partition coefficient (Wildman–Crippen LogP) is 5.13. The summed E-state index contributed by atoms with van der Waals surface area (Å²) in [4.78, 5) is 0. The molecule has 0 saturated heterocycles. The Morgan fingerprint density at radius 3 is 1.33 bits per heavy atom. The van der Waals surface area contributed by atoms with E-state index in [4.69, 9.17) is 0 Å². The van der Waals surface area contributed by atoms with Gasteiger partial charge in [-0.3, -0.25) is 0 Å². The first-order valence-corrected chi connectivity index (χ1v) is 8.75. The van der Waals surface area contributed by atoms with Gasteiger partial charge in [-0.1, -0.05) is 26.7 Å². The van der Waals surface area contributed by atoms with Crippen molar-refractivity contribution in [3.8, 4) is 0 Å². The fraction of sp³-hybridized carbons (Fsp3) is 1.00. The smallest absolute Gasteiger partial charge is 0.0321 e. The van der Waals surface area contributed by atoms with Crippen molar-refractivity contribution in [2.24, 2.45) is 47.3 Å². The van der Waals surface area contributed by atoms with Gasteiger partial charge in [-0.15, -0.1) is 0 Å². The quantitative estimate of drug-likeness (QED) is 0.556. The summed E-state index contributed by atoms with van der Waals surface area (Å²) in [6.45, 7) is 5.13. The van der Waals surface area contributed by atoms with E-state index >= 15 is 0 Å². The Morgan fingerprint density at radius 1 is 0.500 bits per heavy atom. The third kappa shape index (κ3) is 1.56. The maximum absolute atomic E-state index is 2.57. The van der Waals surface area contributed by atoms with E-state index in [1.807, 2.05) is 0 Å². The van der Waals surface area contributed by atoms with Gasteiger partial charge in [0.1, 0.15) is 0 Å². The van der Waals surface area contributed by atoms with Crippen LogP contribution in [-0.4, -0.2) is 0 Å². The SMILES string of the molecule is CC1CCC2CCC3C(C)CCC4CCC1C2C43. The van der Waals surface area contributed by atoms with Crippen molar-refractivity contribution in [1.82, 2.24) is 0 Å². The first-order chi connectivity index (χ1) is 8.75. The van der Waals surface area contributed by atoms with Gasteiger partial charge in [0, 0.05) is 0 Å². The molecule has 8 atom stereocenters. The summed E-state index contributed by atoms with van der Waals surface area (Å²) in [6.07, 6.45) is 12.6. The lowest BCUT2D eigenvalue weighted by molar-refractivity contribution is -0.108. The standard InChI is InChI=1S/C18H30/c1-11-3-5-13-8-10-16-12(2)4-6-14-7-9-15(11)17(13)18(14)16/h11-18H,3-10H2,1-2H3. The summed E-state index contributed by atoms with van der Waals surface area (Å²) < 4.78 is 0. The molecule has 4 aliphatic carbocycles. The fourth-order valence-electron chi connectivity index (χ4n) is 6.86. The molecule has 0 aliphatic heterocycles. The van der Waals surface area contributed by atoms with Crippen LogP contribution in [0, 0.1) is 47.3 Å². The normalized spacial score (nSPS) is 59.0. The van der Waals surface area contributed by atoms with Gasteiger partial charge >= 0.3 is 0 Å². The largest absolute Gasteiger partial charge is 0.0622 e. The molecule has 0 heteroatoms. The van der Waals surface area contributed by atoms with Crippen molar-refractivity contribution in [1.29, 1.82) is 0 Å². The third-order valence-corrected chi connectivity index (χ3v) is 7.71. The van der Waals surface area contributed by atoms with Gasteiger partial charge in [0.2, 0.25) is 0 Å². The van der Waals surface area contributed by atoms with E-state index in [-0.39, 0.29) is 0 Å². The van der Waals surface area contributed by atoms with Crippen LogP contribution in [0.5, 0.6) is 0 Å². The highest BCUT2D eigenvalue weighted by Crippen LogP contribution is 2.61. The van der Waals surface area contributed by atoms with Gasteiger partial charge in [-0.25, -0.2) is 0 Å². The van der Waals surface area contributed by atoms with Crippen molar-refractivity contribution in [3.05, 3.63) is 0 Å². The molecule has 4 aliphatic rings. The minimum absolute atomic E-state index is 1.04. The van der Waals surface area contributed by atoms with Crippen LogP contribution in [0.2, 0.25) is 0 Å². The topological polar surface area (TPSA) is 0 Å². The van der Waals surface area contributed by atoms with Crippen LogP contribution in [0.3, 0.4) is 0 Å². The molecule has 0 aromatic heterocycles. The van der Waals surface area contributed by atoms with Crippen molar-refractivity contribution in [2.75, 3.05) is 0 Å². The van der Waals surface area contributed by atoms with Gasteiger partial charge in [0.05, 0.1) is 0 Å². The van der Waals surface area contributed by atoms with E-state index in [0.29, 0.717) is 0 Å². The summed E-state index contributed by atoms with van der Waals surface area (Å²) in [6, 6.07) is 0. The van der Waals surface area contributed by atoms with Crippen LogP contribution < -0.4 is 0 Å². The Balaban J connectivity index is 1.68. The van der Waals surface area contributed by atoms with Crippen LogP contribution in [0.15, 0.2) is 0 Å². The Hall–Kier alpha value is 0. The molecule has 4 rings (SSSR count). The molecule has 0 radical (unpaired) electrons. The highest BCUT2D eigenvalue weighted by atomic mass is 14.6. The minimum Gasteiger partial charge on any atom is -0.0622 e. The van der Waals surface area contributed by atoms with Crippen LogP contribution >= 0.6 is 0 Å². The van der Waals surface area contributed by atoms with Crippen LogP contribution in [0.25, 0.3) is 0 Å². The van der Waals surface area contributed by atoms with Gasteiger partial charge in [0.25, 0.3) is 0 Å². The van der Waals surface area contributed by atoms with Crippen molar-refractivity contribution >= 4 is 0 Å². The van der Waals surface area contributed by atoms with Gasteiger partial charge < -0.3 is 0 Å². The molecule has 18 heavy (non-hydrogen) atoms. The van der Waals surface area contributed by atoms with Crippen LogP contribution in [0.4, 0.5) is 0 Å². The Kier molecular flexibility index (Phi) is 2.79. The zero-order valence-electron chi connectivity index (χ0n) is 12.3.